The summed E-state index contributed by atoms with van der Waals surface area (Å²) in [6.45, 7) is 4.64. The predicted molar refractivity (Wildman–Crippen MR) is 105 cm³/mol. The topological polar surface area (TPSA) is 66.5 Å². The first-order valence-electron chi connectivity index (χ1n) is 7.77. The summed E-state index contributed by atoms with van der Waals surface area (Å²) in [5.74, 6) is -1.13. The molecule has 0 unspecified atom stereocenters. The van der Waals surface area contributed by atoms with Crippen molar-refractivity contribution in [3.8, 4) is 0 Å². The molecule has 1 N–H and O–H groups in total. The molecule has 2 rings (SSSR count). The second-order valence-electron chi connectivity index (χ2n) is 5.67. The maximum Gasteiger partial charge on any atom is 0.243 e. The van der Waals surface area contributed by atoms with Crippen molar-refractivity contribution in [3.63, 3.8) is 0 Å². The number of sulfonamides is 1. The molecule has 0 spiro atoms. The monoisotopic (exact) mass is 430 g/mol. The van der Waals surface area contributed by atoms with E-state index < -0.39 is 28.3 Å². The number of anilines is 1. The van der Waals surface area contributed by atoms with Gasteiger partial charge >= 0.3 is 0 Å². The average molecular weight is 431 g/mol. The Balaban J connectivity index is 2.25. The van der Waals surface area contributed by atoms with Crippen molar-refractivity contribution in [3.05, 3.63) is 70.5 Å². The maximum absolute atomic E-state index is 13.4. The zero-order valence-electron chi connectivity index (χ0n) is 14.4. The van der Waals surface area contributed by atoms with Crippen LogP contribution in [0, 0.1) is 12.7 Å². The zero-order chi connectivity index (χ0) is 20.2. The molecule has 27 heavy (non-hydrogen) atoms. The highest BCUT2D eigenvalue weighted by molar-refractivity contribution is 7.89. The van der Waals surface area contributed by atoms with E-state index in [0.717, 1.165) is 4.31 Å². The van der Waals surface area contributed by atoms with Crippen LogP contribution in [0.15, 0.2) is 53.9 Å². The number of carbonyl (C=O) groups excluding carboxylic acids is 1. The van der Waals surface area contributed by atoms with Crippen molar-refractivity contribution in [2.45, 2.75) is 11.8 Å². The van der Waals surface area contributed by atoms with Crippen molar-refractivity contribution >= 4 is 44.8 Å². The predicted octanol–water partition coefficient (Wildman–Crippen LogP) is 4.26. The standard InChI is InChI=1S/C18H17Cl2FN2O3S/c1-3-8-23(27(25,26)14-6-7-15(19)16(20)10-14)11-18(24)22-17-9-13(21)5-4-12(17)2/h3-7,9-10H,1,8,11H2,2H3,(H,22,24). The summed E-state index contributed by atoms with van der Waals surface area (Å²) in [4.78, 5) is 12.2. The van der Waals surface area contributed by atoms with Crippen LogP contribution in [-0.2, 0) is 14.8 Å². The summed E-state index contributed by atoms with van der Waals surface area (Å²) in [5.41, 5.74) is 0.915. The number of hydrogen-bond donors (Lipinski definition) is 1. The Morgan fingerprint density at radius 3 is 2.56 bits per heavy atom. The van der Waals surface area contributed by atoms with E-state index in [9.17, 15) is 17.6 Å². The highest BCUT2D eigenvalue weighted by Crippen LogP contribution is 2.26. The van der Waals surface area contributed by atoms with Gasteiger partial charge in [0.05, 0.1) is 21.5 Å². The fourth-order valence-corrected chi connectivity index (χ4v) is 4.01. The molecular weight excluding hydrogens is 414 g/mol. The maximum atomic E-state index is 13.4. The van der Waals surface area contributed by atoms with E-state index in [0.29, 0.717) is 5.56 Å². The number of carbonyl (C=O) groups is 1. The number of amides is 1. The number of nitrogens with zero attached hydrogens (tertiary/aromatic N) is 1. The van der Waals surface area contributed by atoms with E-state index in [1.807, 2.05) is 0 Å². The number of aryl methyl sites for hydroxylation is 1. The molecule has 5 nitrogen and oxygen atoms in total. The molecule has 0 saturated heterocycles. The third-order valence-corrected chi connectivity index (χ3v) is 6.20. The smallest absolute Gasteiger partial charge is 0.243 e. The molecule has 0 saturated carbocycles. The van der Waals surface area contributed by atoms with Crippen LogP contribution >= 0.6 is 23.2 Å². The number of benzene rings is 2. The van der Waals surface area contributed by atoms with Crippen LogP contribution in [0.2, 0.25) is 10.0 Å². The second-order valence-corrected chi connectivity index (χ2v) is 8.42. The Kier molecular flexibility index (Phi) is 7.00. The van der Waals surface area contributed by atoms with Crippen molar-refractivity contribution in [2.24, 2.45) is 0 Å². The van der Waals surface area contributed by atoms with E-state index in [1.54, 1.807) is 6.92 Å². The third-order valence-electron chi connectivity index (χ3n) is 3.66. The zero-order valence-corrected chi connectivity index (χ0v) is 16.7. The van der Waals surface area contributed by atoms with E-state index in [-0.39, 0.29) is 27.2 Å². The fourth-order valence-electron chi connectivity index (χ4n) is 2.26. The molecule has 9 heteroatoms. The molecule has 1 amide bonds. The lowest BCUT2D eigenvalue weighted by atomic mass is 10.2. The van der Waals surface area contributed by atoms with E-state index >= 15 is 0 Å². The van der Waals surface area contributed by atoms with E-state index in [2.05, 4.69) is 11.9 Å². The first-order chi connectivity index (χ1) is 12.6. The quantitative estimate of drug-likeness (QED) is 0.667. The van der Waals surface area contributed by atoms with Crippen molar-refractivity contribution in [1.29, 1.82) is 0 Å². The van der Waals surface area contributed by atoms with Crippen LogP contribution in [0.4, 0.5) is 10.1 Å². The van der Waals surface area contributed by atoms with Crippen molar-refractivity contribution in [1.82, 2.24) is 4.31 Å². The minimum Gasteiger partial charge on any atom is -0.325 e. The normalized spacial score (nSPS) is 11.4. The molecule has 0 radical (unpaired) electrons. The minimum absolute atomic E-state index is 0.0798. The molecule has 0 fully saturated rings. The molecule has 144 valence electrons. The van der Waals surface area contributed by atoms with Gasteiger partial charge < -0.3 is 5.32 Å². The minimum atomic E-state index is -4.02. The number of hydrogen-bond acceptors (Lipinski definition) is 3. The molecule has 0 aromatic heterocycles. The van der Waals surface area contributed by atoms with Gasteiger partial charge in [-0.2, -0.15) is 4.31 Å². The summed E-state index contributed by atoms with van der Waals surface area (Å²) in [6.07, 6.45) is 1.36. The van der Waals surface area contributed by atoms with Crippen LogP contribution in [0.5, 0.6) is 0 Å². The molecular formula is C18H17Cl2FN2O3S. The Labute approximate surface area is 167 Å². The molecule has 2 aromatic carbocycles. The van der Waals surface area contributed by atoms with Crippen molar-refractivity contribution < 1.29 is 17.6 Å². The number of rotatable bonds is 7. The Morgan fingerprint density at radius 1 is 1.22 bits per heavy atom. The van der Waals surface area contributed by atoms with Gasteiger partial charge in [-0.3, -0.25) is 4.79 Å². The lowest BCUT2D eigenvalue weighted by molar-refractivity contribution is -0.116. The Morgan fingerprint density at radius 2 is 1.93 bits per heavy atom. The average Bonchev–Trinajstić information content (AvgIpc) is 2.60. The van der Waals surface area contributed by atoms with Gasteiger partial charge in [-0.1, -0.05) is 35.3 Å². The molecule has 0 aliphatic carbocycles. The first kappa shape index (κ1) is 21.4. The van der Waals surface area contributed by atoms with Gasteiger partial charge in [0.1, 0.15) is 5.82 Å². The van der Waals surface area contributed by atoms with Crippen LogP contribution in [0.3, 0.4) is 0 Å². The van der Waals surface area contributed by atoms with Gasteiger partial charge in [-0.15, -0.1) is 6.58 Å². The summed E-state index contributed by atoms with van der Waals surface area (Å²) in [7, 11) is -4.02. The molecule has 2 aromatic rings. The fraction of sp³-hybridized carbons (Fsp3) is 0.167. The van der Waals surface area contributed by atoms with Gasteiger partial charge in [-0.05, 0) is 42.8 Å². The third kappa shape index (κ3) is 5.29. The second kappa shape index (κ2) is 8.84. The number of halogens is 3. The van der Waals surface area contributed by atoms with Crippen molar-refractivity contribution in [2.75, 3.05) is 18.4 Å². The van der Waals surface area contributed by atoms with Gasteiger partial charge in [0.15, 0.2) is 0 Å². The SMILES string of the molecule is C=CCN(CC(=O)Nc1cc(F)ccc1C)S(=O)(=O)c1ccc(Cl)c(Cl)c1. The summed E-state index contributed by atoms with van der Waals surface area (Å²) in [6, 6.07) is 7.82. The molecule has 0 bridgehead atoms. The van der Waals surface area contributed by atoms with Gasteiger partial charge in [0, 0.05) is 12.2 Å². The molecule has 0 aliphatic heterocycles. The van der Waals surface area contributed by atoms with Crippen LogP contribution < -0.4 is 5.32 Å². The van der Waals surface area contributed by atoms with Gasteiger partial charge in [0.2, 0.25) is 15.9 Å². The lowest BCUT2D eigenvalue weighted by Crippen LogP contribution is -2.38. The number of nitrogens with one attached hydrogen (secondary N) is 1. The highest BCUT2D eigenvalue weighted by Gasteiger charge is 2.26. The van der Waals surface area contributed by atoms with Gasteiger partial charge in [-0.25, -0.2) is 12.8 Å². The molecule has 0 atom stereocenters. The van der Waals surface area contributed by atoms with Gasteiger partial charge in [0.25, 0.3) is 0 Å². The summed E-state index contributed by atoms with van der Waals surface area (Å²) >= 11 is 11.7. The highest BCUT2D eigenvalue weighted by atomic mass is 35.5. The Bertz CT molecular complexity index is 981. The van der Waals surface area contributed by atoms with Crippen LogP contribution in [0.25, 0.3) is 0 Å². The van der Waals surface area contributed by atoms with Crippen LogP contribution in [0.1, 0.15) is 5.56 Å². The summed E-state index contributed by atoms with van der Waals surface area (Å²) in [5, 5.41) is 2.81. The lowest BCUT2D eigenvalue weighted by Gasteiger charge is -2.21. The van der Waals surface area contributed by atoms with E-state index in [1.165, 1.54) is 42.5 Å². The Hall–Kier alpha value is -1.93. The summed E-state index contributed by atoms with van der Waals surface area (Å²) < 4.78 is 40.0. The molecule has 0 aliphatic rings. The first-order valence-corrected chi connectivity index (χ1v) is 9.97. The van der Waals surface area contributed by atoms with E-state index in [4.69, 9.17) is 23.2 Å². The molecule has 0 heterocycles. The van der Waals surface area contributed by atoms with Crippen LogP contribution in [-0.4, -0.2) is 31.7 Å². The largest absolute Gasteiger partial charge is 0.325 e.